The number of methoxy groups -OCH3 is 2. The molecule has 2 rings (SSSR count). The molecule has 0 unspecified atom stereocenters. The van der Waals surface area contributed by atoms with Crippen molar-refractivity contribution in [2.24, 2.45) is 0 Å². The van der Waals surface area contributed by atoms with E-state index in [2.05, 4.69) is 15.3 Å². The SMILES string of the molecule is COc1cc(Nc2ncc(C(=O)O)c(C)n2)cc(OC)c1. The first-order valence-corrected chi connectivity index (χ1v) is 6.10. The summed E-state index contributed by atoms with van der Waals surface area (Å²) < 4.78 is 10.3. The molecule has 21 heavy (non-hydrogen) atoms. The molecule has 0 bridgehead atoms. The van der Waals surface area contributed by atoms with Gasteiger partial charge in [0.25, 0.3) is 0 Å². The first kappa shape index (κ1) is 14.6. The zero-order valence-corrected chi connectivity index (χ0v) is 11.9. The van der Waals surface area contributed by atoms with Crippen molar-refractivity contribution < 1.29 is 19.4 Å². The molecule has 0 spiro atoms. The van der Waals surface area contributed by atoms with Gasteiger partial charge in [-0.1, -0.05) is 0 Å². The van der Waals surface area contributed by atoms with E-state index in [0.717, 1.165) is 0 Å². The van der Waals surface area contributed by atoms with E-state index < -0.39 is 5.97 Å². The summed E-state index contributed by atoms with van der Waals surface area (Å²) >= 11 is 0. The predicted molar refractivity (Wildman–Crippen MR) is 76.6 cm³/mol. The Bertz CT molecular complexity index is 651. The van der Waals surface area contributed by atoms with Crippen molar-refractivity contribution in [1.29, 1.82) is 0 Å². The zero-order chi connectivity index (χ0) is 15.4. The standard InChI is InChI=1S/C14H15N3O4/c1-8-12(13(18)19)7-15-14(16-8)17-9-4-10(20-2)6-11(5-9)21-3/h4-7H,1-3H3,(H,18,19)(H,15,16,17). The van der Waals surface area contributed by atoms with Gasteiger partial charge in [-0.25, -0.2) is 14.8 Å². The number of aryl methyl sites for hydroxylation is 1. The molecule has 2 aromatic rings. The van der Waals surface area contributed by atoms with Gasteiger partial charge in [-0.2, -0.15) is 0 Å². The average molecular weight is 289 g/mol. The van der Waals surface area contributed by atoms with Crippen LogP contribution in [0.1, 0.15) is 16.1 Å². The van der Waals surface area contributed by atoms with Gasteiger partial charge in [0.15, 0.2) is 0 Å². The maximum absolute atomic E-state index is 10.9. The highest BCUT2D eigenvalue weighted by molar-refractivity contribution is 5.88. The molecular formula is C14H15N3O4. The molecule has 2 N–H and O–H groups in total. The lowest BCUT2D eigenvalue weighted by Gasteiger charge is -2.10. The lowest BCUT2D eigenvalue weighted by Crippen LogP contribution is -2.06. The number of nitrogens with zero attached hydrogens (tertiary/aromatic N) is 2. The minimum Gasteiger partial charge on any atom is -0.497 e. The van der Waals surface area contributed by atoms with Crippen molar-refractivity contribution in [3.05, 3.63) is 35.7 Å². The van der Waals surface area contributed by atoms with Gasteiger partial charge in [0, 0.05) is 30.1 Å². The zero-order valence-electron chi connectivity index (χ0n) is 11.9. The maximum atomic E-state index is 10.9. The molecule has 0 radical (unpaired) electrons. The van der Waals surface area contributed by atoms with E-state index in [0.29, 0.717) is 28.8 Å². The van der Waals surface area contributed by atoms with Crippen LogP contribution in [0.15, 0.2) is 24.4 Å². The molecule has 0 aliphatic rings. The largest absolute Gasteiger partial charge is 0.497 e. The second-order valence-corrected chi connectivity index (χ2v) is 4.22. The smallest absolute Gasteiger partial charge is 0.339 e. The first-order chi connectivity index (χ1) is 10.0. The fraction of sp³-hybridized carbons (Fsp3) is 0.214. The number of aromatic carboxylic acids is 1. The fourth-order valence-corrected chi connectivity index (χ4v) is 1.75. The van der Waals surface area contributed by atoms with E-state index in [4.69, 9.17) is 14.6 Å². The minimum atomic E-state index is -1.05. The number of carbonyl (C=O) groups is 1. The van der Waals surface area contributed by atoms with E-state index in [1.54, 1.807) is 39.3 Å². The monoisotopic (exact) mass is 289 g/mol. The number of carboxylic acids is 1. The highest BCUT2D eigenvalue weighted by Gasteiger charge is 2.10. The van der Waals surface area contributed by atoms with Crippen LogP contribution in [0.3, 0.4) is 0 Å². The molecule has 0 aliphatic carbocycles. The Kier molecular flexibility index (Phi) is 4.22. The van der Waals surface area contributed by atoms with Gasteiger partial charge in [0.05, 0.1) is 25.5 Å². The van der Waals surface area contributed by atoms with Gasteiger partial charge < -0.3 is 19.9 Å². The number of nitrogens with one attached hydrogen (secondary N) is 1. The number of carboxylic acid groups (broad SMARTS) is 1. The van der Waals surface area contributed by atoms with Crippen molar-refractivity contribution in [2.75, 3.05) is 19.5 Å². The van der Waals surface area contributed by atoms with E-state index in [1.165, 1.54) is 6.20 Å². The summed E-state index contributed by atoms with van der Waals surface area (Å²) in [5.74, 6) is 0.487. The number of anilines is 2. The second kappa shape index (κ2) is 6.08. The van der Waals surface area contributed by atoms with Crippen LogP contribution in [0, 0.1) is 6.92 Å². The summed E-state index contributed by atoms with van der Waals surface area (Å²) in [6.07, 6.45) is 1.27. The Morgan fingerprint density at radius 3 is 2.29 bits per heavy atom. The predicted octanol–water partition coefficient (Wildman–Crippen LogP) is 2.24. The highest BCUT2D eigenvalue weighted by Crippen LogP contribution is 2.27. The third kappa shape index (κ3) is 3.38. The molecule has 7 nitrogen and oxygen atoms in total. The van der Waals surface area contributed by atoms with Crippen molar-refractivity contribution >= 4 is 17.6 Å². The Morgan fingerprint density at radius 1 is 1.19 bits per heavy atom. The molecule has 7 heteroatoms. The molecule has 0 atom stereocenters. The van der Waals surface area contributed by atoms with Gasteiger partial charge in [-0.15, -0.1) is 0 Å². The summed E-state index contributed by atoms with van der Waals surface area (Å²) in [5, 5.41) is 11.9. The molecule has 0 amide bonds. The van der Waals surface area contributed by atoms with E-state index >= 15 is 0 Å². The fourth-order valence-electron chi connectivity index (χ4n) is 1.75. The Labute approximate surface area is 121 Å². The molecule has 0 saturated heterocycles. The van der Waals surface area contributed by atoms with E-state index in [1.807, 2.05) is 0 Å². The van der Waals surface area contributed by atoms with Crippen LogP contribution < -0.4 is 14.8 Å². The van der Waals surface area contributed by atoms with E-state index in [-0.39, 0.29) is 5.56 Å². The topological polar surface area (TPSA) is 93.6 Å². The molecule has 110 valence electrons. The number of rotatable bonds is 5. The lowest BCUT2D eigenvalue weighted by molar-refractivity contribution is 0.0695. The molecule has 1 aromatic carbocycles. The Hall–Kier alpha value is -2.83. The number of benzene rings is 1. The average Bonchev–Trinajstić information content (AvgIpc) is 2.46. The van der Waals surface area contributed by atoms with Crippen molar-refractivity contribution in [1.82, 2.24) is 9.97 Å². The van der Waals surface area contributed by atoms with Gasteiger partial charge in [-0.05, 0) is 6.92 Å². The number of aromatic nitrogens is 2. The number of ether oxygens (including phenoxy) is 2. The van der Waals surface area contributed by atoms with E-state index in [9.17, 15) is 4.79 Å². The minimum absolute atomic E-state index is 0.0729. The molecule has 0 aliphatic heterocycles. The third-order valence-electron chi connectivity index (χ3n) is 2.82. The van der Waals surface area contributed by atoms with Gasteiger partial charge in [0.2, 0.25) is 5.95 Å². The van der Waals surface area contributed by atoms with Gasteiger partial charge >= 0.3 is 5.97 Å². The summed E-state index contributed by atoms with van der Waals surface area (Å²) in [5.41, 5.74) is 1.13. The Balaban J connectivity index is 2.29. The Morgan fingerprint density at radius 2 is 1.81 bits per heavy atom. The molecule has 0 saturated carbocycles. The molecule has 0 fully saturated rings. The lowest BCUT2D eigenvalue weighted by atomic mass is 10.2. The van der Waals surface area contributed by atoms with Crippen molar-refractivity contribution in [3.63, 3.8) is 0 Å². The van der Waals surface area contributed by atoms with Crippen LogP contribution in [0.5, 0.6) is 11.5 Å². The van der Waals surface area contributed by atoms with Crippen LogP contribution in [-0.4, -0.2) is 35.3 Å². The summed E-state index contributed by atoms with van der Waals surface area (Å²) in [6.45, 7) is 1.61. The van der Waals surface area contributed by atoms with Crippen molar-refractivity contribution in [3.8, 4) is 11.5 Å². The summed E-state index contributed by atoms with van der Waals surface area (Å²) in [4.78, 5) is 19.0. The van der Waals surface area contributed by atoms with Crippen LogP contribution in [0.2, 0.25) is 0 Å². The van der Waals surface area contributed by atoms with Crippen LogP contribution >= 0.6 is 0 Å². The third-order valence-corrected chi connectivity index (χ3v) is 2.82. The highest BCUT2D eigenvalue weighted by atomic mass is 16.5. The number of hydrogen-bond donors (Lipinski definition) is 2. The molecule has 1 aromatic heterocycles. The second-order valence-electron chi connectivity index (χ2n) is 4.22. The van der Waals surface area contributed by atoms with Gasteiger partial charge in [0.1, 0.15) is 11.5 Å². The van der Waals surface area contributed by atoms with Crippen LogP contribution in [0.25, 0.3) is 0 Å². The van der Waals surface area contributed by atoms with Gasteiger partial charge in [-0.3, -0.25) is 0 Å². The number of hydrogen-bond acceptors (Lipinski definition) is 6. The summed E-state index contributed by atoms with van der Waals surface area (Å²) in [7, 11) is 3.11. The molecular weight excluding hydrogens is 274 g/mol. The van der Waals surface area contributed by atoms with Crippen LogP contribution in [0.4, 0.5) is 11.6 Å². The first-order valence-electron chi connectivity index (χ1n) is 6.10. The van der Waals surface area contributed by atoms with Crippen LogP contribution in [-0.2, 0) is 0 Å². The van der Waals surface area contributed by atoms with Crippen molar-refractivity contribution in [2.45, 2.75) is 6.92 Å². The maximum Gasteiger partial charge on any atom is 0.339 e. The molecule has 1 heterocycles. The summed E-state index contributed by atoms with van der Waals surface area (Å²) in [6, 6.07) is 5.25. The normalized spacial score (nSPS) is 10.0. The quantitative estimate of drug-likeness (QED) is 0.871.